The van der Waals surface area contributed by atoms with Crippen molar-refractivity contribution in [2.45, 2.75) is 13.3 Å². The van der Waals surface area contributed by atoms with Crippen molar-refractivity contribution < 1.29 is 13.6 Å². The lowest BCUT2D eigenvalue weighted by Gasteiger charge is -2.07. The van der Waals surface area contributed by atoms with Crippen LogP contribution in [0.2, 0.25) is 0 Å². The number of hydrogen-bond donors (Lipinski definition) is 1. The Labute approximate surface area is 137 Å². The monoisotopic (exact) mass is 328 g/mol. The van der Waals surface area contributed by atoms with Gasteiger partial charge in [-0.1, -0.05) is 25.1 Å². The molecule has 24 heavy (non-hydrogen) atoms. The molecule has 0 fully saturated rings. The summed E-state index contributed by atoms with van der Waals surface area (Å²) in [5, 5.41) is 6.76. The van der Waals surface area contributed by atoms with E-state index in [1.165, 1.54) is 17.1 Å². The van der Waals surface area contributed by atoms with E-state index in [0.29, 0.717) is 5.69 Å². The first-order chi connectivity index (χ1) is 11.6. The van der Waals surface area contributed by atoms with Crippen LogP contribution in [-0.2, 0) is 6.42 Å². The Balaban J connectivity index is 1.82. The fraction of sp³-hybridized carbons (Fsp3) is 0.118. The molecular formula is C17H14F2N4O. The number of aromatic nitrogens is 3. The molecule has 0 radical (unpaired) electrons. The molecule has 122 valence electrons. The quantitative estimate of drug-likeness (QED) is 0.799. The zero-order chi connectivity index (χ0) is 17.1. The van der Waals surface area contributed by atoms with Gasteiger partial charge >= 0.3 is 0 Å². The smallest absolute Gasteiger partial charge is 0.295 e. The fourth-order valence-corrected chi connectivity index (χ4v) is 2.25. The number of rotatable bonds is 4. The molecule has 1 heterocycles. The van der Waals surface area contributed by atoms with E-state index in [4.69, 9.17) is 0 Å². The van der Waals surface area contributed by atoms with E-state index in [-0.39, 0.29) is 11.5 Å². The van der Waals surface area contributed by atoms with Gasteiger partial charge in [0.05, 0.1) is 5.69 Å². The average Bonchev–Trinajstić information content (AvgIpc) is 3.08. The number of aryl methyl sites for hydroxylation is 1. The molecule has 0 saturated heterocycles. The molecule has 0 aliphatic rings. The Hall–Kier alpha value is -3.09. The van der Waals surface area contributed by atoms with E-state index in [1.807, 2.05) is 25.1 Å². The van der Waals surface area contributed by atoms with Crippen LogP contribution in [0.5, 0.6) is 0 Å². The zero-order valence-electron chi connectivity index (χ0n) is 12.8. The molecule has 0 atom stereocenters. The summed E-state index contributed by atoms with van der Waals surface area (Å²) in [5.41, 5.74) is 1.95. The topological polar surface area (TPSA) is 59.8 Å². The number of para-hydroxylation sites is 1. The molecule has 3 aromatic rings. The largest absolute Gasteiger partial charge is 0.319 e. The number of anilines is 1. The van der Waals surface area contributed by atoms with Gasteiger partial charge in [-0.15, -0.1) is 5.10 Å². The van der Waals surface area contributed by atoms with Crippen molar-refractivity contribution in [3.05, 3.63) is 71.8 Å². The van der Waals surface area contributed by atoms with Crippen LogP contribution in [0.1, 0.15) is 23.1 Å². The highest BCUT2D eigenvalue weighted by Crippen LogP contribution is 2.16. The summed E-state index contributed by atoms with van der Waals surface area (Å²) in [5.74, 6) is -2.48. The number of carbonyl (C=O) groups is 1. The molecular weight excluding hydrogens is 314 g/mol. The standard InChI is InChI=1S/C17H14F2N4O/c1-2-11-5-3-4-6-15(11)21-17(24)16-20-10-23(22-16)12-7-8-13(18)14(19)9-12/h3-10H,2H2,1H3,(H,21,24). The summed E-state index contributed by atoms with van der Waals surface area (Å²) in [4.78, 5) is 16.2. The predicted octanol–water partition coefficient (Wildman–Crippen LogP) is 3.36. The second-order valence-corrected chi connectivity index (χ2v) is 5.08. The second kappa shape index (κ2) is 6.57. The van der Waals surface area contributed by atoms with E-state index in [9.17, 15) is 13.6 Å². The van der Waals surface area contributed by atoms with Gasteiger partial charge in [0.2, 0.25) is 5.82 Å². The van der Waals surface area contributed by atoms with Crippen molar-refractivity contribution in [2.75, 3.05) is 5.32 Å². The summed E-state index contributed by atoms with van der Waals surface area (Å²) in [6, 6.07) is 10.8. The third-order valence-electron chi connectivity index (χ3n) is 3.51. The maximum Gasteiger partial charge on any atom is 0.295 e. The molecule has 0 aliphatic heterocycles. The Bertz CT molecular complexity index is 892. The van der Waals surface area contributed by atoms with Crippen LogP contribution in [-0.4, -0.2) is 20.7 Å². The molecule has 0 saturated carbocycles. The van der Waals surface area contributed by atoms with Crippen LogP contribution in [0.3, 0.4) is 0 Å². The van der Waals surface area contributed by atoms with Crippen LogP contribution >= 0.6 is 0 Å². The number of carbonyl (C=O) groups excluding carboxylic acids is 1. The number of benzene rings is 2. The van der Waals surface area contributed by atoms with Crippen LogP contribution in [0, 0.1) is 11.6 Å². The van der Waals surface area contributed by atoms with Crippen molar-refractivity contribution in [1.29, 1.82) is 0 Å². The first-order valence-electron chi connectivity index (χ1n) is 7.35. The summed E-state index contributed by atoms with van der Waals surface area (Å²) in [6.07, 6.45) is 2.04. The number of hydrogen-bond acceptors (Lipinski definition) is 3. The first-order valence-corrected chi connectivity index (χ1v) is 7.35. The Morgan fingerprint density at radius 3 is 2.71 bits per heavy atom. The zero-order valence-corrected chi connectivity index (χ0v) is 12.8. The lowest BCUT2D eigenvalue weighted by Crippen LogP contribution is -2.15. The van der Waals surface area contributed by atoms with Crippen molar-refractivity contribution >= 4 is 11.6 Å². The van der Waals surface area contributed by atoms with E-state index < -0.39 is 17.5 Å². The highest BCUT2D eigenvalue weighted by molar-refractivity contribution is 6.01. The van der Waals surface area contributed by atoms with Gasteiger partial charge in [0.1, 0.15) is 6.33 Å². The Morgan fingerprint density at radius 1 is 1.17 bits per heavy atom. The molecule has 7 heteroatoms. The molecule has 3 rings (SSSR count). The first kappa shape index (κ1) is 15.8. The lowest BCUT2D eigenvalue weighted by atomic mass is 10.1. The molecule has 0 spiro atoms. The maximum atomic E-state index is 13.3. The SMILES string of the molecule is CCc1ccccc1NC(=O)c1ncn(-c2ccc(F)c(F)c2)n1. The molecule has 2 aromatic carbocycles. The summed E-state index contributed by atoms with van der Waals surface area (Å²) in [7, 11) is 0. The second-order valence-electron chi connectivity index (χ2n) is 5.08. The normalized spacial score (nSPS) is 10.6. The summed E-state index contributed by atoms with van der Waals surface area (Å²) < 4.78 is 27.5. The van der Waals surface area contributed by atoms with Crippen LogP contribution < -0.4 is 5.32 Å². The van der Waals surface area contributed by atoms with E-state index in [2.05, 4.69) is 15.4 Å². The van der Waals surface area contributed by atoms with E-state index >= 15 is 0 Å². The molecule has 1 aromatic heterocycles. The van der Waals surface area contributed by atoms with Gasteiger partial charge in [-0.25, -0.2) is 18.4 Å². The third kappa shape index (κ3) is 3.15. The predicted molar refractivity (Wildman–Crippen MR) is 85.0 cm³/mol. The fourth-order valence-electron chi connectivity index (χ4n) is 2.25. The highest BCUT2D eigenvalue weighted by atomic mass is 19.2. The number of nitrogens with zero attached hydrogens (tertiary/aromatic N) is 3. The van der Waals surface area contributed by atoms with Crippen molar-refractivity contribution in [3.8, 4) is 5.69 Å². The maximum absolute atomic E-state index is 13.3. The van der Waals surface area contributed by atoms with Gasteiger partial charge in [-0.2, -0.15) is 0 Å². The minimum absolute atomic E-state index is 0.0642. The molecule has 1 amide bonds. The van der Waals surface area contributed by atoms with Crippen LogP contribution in [0.4, 0.5) is 14.5 Å². The Morgan fingerprint density at radius 2 is 1.96 bits per heavy atom. The molecule has 1 N–H and O–H groups in total. The molecule has 0 unspecified atom stereocenters. The molecule has 0 aliphatic carbocycles. The van der Waals surface area contributed by atoms with Gasteiger partial charge in [-0.3, -0.25) is 4.79 Å². The van der Waals surface area contributed by atoms with Crippen molar-refractivity contribution in [3.63, 3.8) is 0 Å². The van der Waals surface area contributed by atoms with Crippen molar-refractivity contribution in [1.82, 2.24) is 14.8 Å². The minimum atomic E-state index is -0.995. The van der Waals surface area contributed by atoms with Crippen LogP contribution in [0.25, 0.3) is 5.69 Å². The van der Waals surface area contributed by atoms with E-state index in [0.717, 1.165) is 24.1 Å². The summed E-state index contributed by atoms with van der Waals surface area (Å²) in [6.45, 7) is 1.99. The number of amides is 1. The van der Waals surface area contributed by atoms with E-state index in [1.54, 1.807) is 6.07 Å². The molecule has 0 bridgehead atoms. The molecule has 5 nitrogen and oxygen atoms in total. The average molecular weight is 328 g/mol. The number of halogens is 2. The van der Waals surface area contributed by atoms with Crippen molar-refractivity contribution in [2.24, 2.45) is 0 Å². The van der Waals surface area contributed by atoms with Gasteiger partial charge < -0.3 is 5.32 Å². The summed E-state index contributed by atoms with van der Waals surface area (Å²) >= 11 is 0. The number of nitrogens with one attached hydrogen (secondary N) is 1. The Kier molecular flexibility index (Phi) is 4.33. The third-order valence-corrected chi connectivity index (χ3v) is 3.51. The van der Waals surface area contributed by atoms with Crippen LogP contribution in [0.15, 0.2) is 48.8 Å². The lowest BCUT2D eigenvalue weighted by molar-refractivity contribution is 0.101. The van der Waals surface area contributed by atoms with Gasteiger partial charge in [0, 0.05) is 11.8 Å². The minimum Gasteiger partial charge on any atom is -0.319 e. The van der Waals surface area contributed by atoms with Gasteiger partial charge in [0.15, 0.2) is 11.6 Å². The van der Waals surface area contributed by atoms with Gasteiger partial charge in [0.25, 0.3) is 5.91 Å². The highest BCUT2D eigenvalue weighted by Gasteiger charge is 2.14. The van der Waals surface area contributed by atoms with Gasteiger partial charge in [-0.05, 0) is 30.2 Å².